The maximum absolute atomic E-state index is 11.4. The zero-order valence-corrected chi connectivity index (χ0v) is 8.72. The van der Waals surface area contributed by atoms with E-state index in [1.807, 2.05) is 30.3 Å². The molecule has 0 aliphatic heterocycles. The standard InChI is InChI=1S/C11H13N3O2/c12-6-7-16-11(15)10(14-13)8-9-4-2-1-3-5-9/h1-5,10,14H,7-8,13H2/t10-/m0/s1. The fourth-order valence-electron chi connectivity index (χ4n) is 1.26. The quantitative estimate of drug-likeness (QED) is 0.417. The van der Waals surface area contributed by atoms with Crippen molar-refractivity contribution >= 4 is 5.97 Å². The molecule has 16 heavy (non-hydrogen) atoms. The normalized spacial score (nSPS) is 11.5. The number of hydrogen-bond acceptors (Lipinski definition) is 5. The molecule has 0 unspecified atom stereocenters. The molecule has 0 spiro atoms. The Labute approximate surface area is 93.8 Å². The van der Waals surface area contributed by atoms with Gasteiger partial charge in [0.05, 0.1) is 0 Å². The van der Waals surface area contributed by atoms with E-state index in [1.54, 1.807) is 6.07 Å². The number of carbonyl (C=O) groups is 1. The van der Waals surface area contributed by atoms with Gasteiger partial charge in [0.15, 0.2) is 6.61 Å². The van der Waals surface area contributed by atoms with Crippen LogP contribution in [0.4, 0.5) is 0 Å². The Kier molecular flexibility index (Phi) is 4.99. The van der Waals surface area contributed by atoms with Crippen molar-refractivity contribution in [3.8, 4) is 6.07 Å². The highest BCUT2D eigenvalue weighted by Gasteiger charge is 2.18. The number of benzene rings is 1. The van der Waals surface area contributed by atoms with Gasteiger partial charge in [0, 0.05) is 0 Å². The second-order valence-electron chi connectivity index (χ2n) is 3.17. The van der Waals surface area contributed by atoms with Crippen molar-refractivity contribution in [3.05, 3.63) is 35.9 Å². The van der Waals surface area contributed by atoms with Gasteiger partial charge in [0.2, 0.25) is 0 Å². The molecule has 0 aliphatic rings. The molecule has 0 radical (unpaired) electrons. The van der Waals surface area contributed by atoms with E-state index in [4.69, 9.17) is 11.1 Å². The highest BCUT2D eigenvalue weighted by Crippen LogP contribution is 2.03. The molecule has 0 amide bonds. The minimum atomic E-state index is -0.629. The molecular formula is C11H13N3O2. The summed E-state index contributed by atoms with van der Waals surface area (Å²) in [6.45, 7) is -0.258. The van der Waals surface area contributed by atoms with Crippen molar-refractivity contribution in [2.45, 2.75) is 12.5 Å². The molecule has 5 nitrogen and oxygen atoms in total. The number of nitrogens with zero attached hydrogens (tertiary/aromatic N) is 1. The second-order valence-corrected chi connectivity index (χ2v) is 3.17. The maximum Gasteiger partial charge on any atom is 0.325 e. The number of nitrogens with one attached hydrogen (secondary N) is 1. The van der Waals surface area contributed by atoms with Crippen molar-refractivity contribution in [3.63, 3.8) is 0 Å². The Morgan fingerprint density at radius 3 is 2.75 bits per heavy atom. The van der Waals surface area contributed by atoms with Gasteiger partial charge in [-0.2, -0.15) is 5.26 Å². The van der Waals surface area contributed by atoms with Crippen molar-refractivity contribution in [2.75, 3.05) is 6.61 Å². The summed E-state index contributed by atoms with van der Waals surface area (Å²) in [6.07, 6.45) is 0.432. The van der Waals surface area contributed by atoms with Crippen LogP contribution in [0.5, 0.6) is 0 Å². The van der Waals surface area contributed by atoms with Crippen LogP contribution in [0.1, 0.15) is 5.56 Å². The number of nitrogens with two attached hydrogens (primary N) is 1. The van der Waals surface area contributed by atoms with Crippen LogP contribution in [0.25, 0.3) is 0 Å². The summed E-state index contributed by atoms with van der Waals surface area (Å²) in [5.41, 5.74) is 3.35. The molecule has 1 atom stereocenters. The van der Waals surface area contributed by atoms with Gasteiger partial charge >= 0.3 is 5.97 Å². The molecule has 1 aromatic rings. The van der Waals surface area contributed by atoms with Crippen molar-refractivity contribution in [1.29, 1.82) is 5.26 Å². The zero-order chi connectivity index (χ0) is 11.8. The van der Waals surface area contributed by atoms with Gasteiger partial charge in [-0.1, -0.05) is 30.3 Å². The van der Waals surface area contributed by atoms with Crippen LogP contribution in [0, 0.1) is 11.3 Å². The van der Waals surface area contributed by atoms with E-state index in [1.165, 1.54) is 0 Å². The van der Waals surface area contributed by atoms with Gasteiger partial charge in [-0.25, -0.2) is 5.43 Å². The average molecular weight is 219 g/mol. The molecule has 84 valence electrons. The summed E-state index contributed by atoms with van der Waals surface area (Å²) < 4.78 is 4.67. The fraction of sp³-hybridized carbons (Fsp3) is 0.273. The molecule has 0 fully saturated rings. The fourth-order valence-corrected chi connectivity index (χ4v) is 1.26. The first-order chi connectivity index (χ1) is 7.77. The number of hydrogen-bond donors (Lipinski definition) is 2. The van der Waals surface area contributed by atoms with Gasteiger partial charge in [0.1, 0.15) is 12.1 Å². The minimum absolute atomic E-state index is 0.258. The van der Waals surface area contributed by atoms with E-state index in [0.717, 1.165) is 5.56 Å². The van der Waals surface area contributed by atoms with Gasteiger partial charge in [0.25, 0.3) is 0 Å². The summed E-state index contributed by atoms with van der Waals surface area (Å²) >= 11 is 0. The summed E-state index contributed by atoms with van der Waals surface area (Å²) in [7, 11) is 0. The molecule has 1 aromatic carbocycles. The smallest absolute Gasteiger partial charge is 0.325 e. The lowest BCUT2D eigenvalue weighted by Crippen LogP contribution is -2.44. The van der Waals surface area contributed by atoms with Crippen LogP contribution < -0.4 is 11.3 Å². The van der Waals surface area contributed by atoms with E-state index >= 15 is 0 Å². The van der Waals surface area contributed by atoms with Gasteiger partial charge in [-0.3, -0.25) is 10.6 Å². The average Bonchev–Trinajstić information content (AvgIpc) is 2.34. The molecular weight excluding hydrogens is 206 g/mol. The molecule has 1 rings (SSSR count). The monoisotopic (exact) mass is 219 g/mol. The third-order valence-electron chi connectivity index (χ3n) is 2.05. The number of ether oxygens (including phenoxy) is 1. The number of nitriles is 1. The van der Waals surface area contributed by atoms with Crippen LogP contribution >= 0.6 is 0 Å². The Hall–Kier alpha value is -1.90. The predicted octanol–water partition coefficient (Wildman–Crippen LogP) is 0.128. The molecule has 3 N–H and O–H groups in total. The predicted molar refractivity (Wildman–Crippen MR) is 57.8 cm³/mol. The van der Waals surface area contributed by atoms with Crippen LogP contribution in [0.2, 0.25) is 0 Å². The first kappa shape index (κ1) is 12.2. The summed E-state index contributed by atoms with van der Waals surface area (Å²) in [5, 5.41) is 8.28. The highest BCUT2D eigenvalue weighted by atomic mass is 16.5. The van der Waals surface area contributed by atoms with Gasteiger partial charge in [-0.05, 0) is 12.0 Å². The zero-order valence-electron chi connectivity index (χ0n) is 8.72. The first-order valence-corrected chi connectivity index (χ1v) is 4.81. The molecule has 0 bridgehead atoms. The number of rotatable bonds is 5. The topological polar surface area (TPSA) is 88.1 Å². The van der Waals surface area contributed by atoms with Crippen LogP contribution in [0.15, 0.2) is 30.3 Å². The van der Waals surface area contributed by atoms with E-state index in [-0.39, 0.29) is 6.61 Å². The summed E-state index contributed by atoms with van der Waals surface area (Å²) in [5.74, 6) is 4.74. The second kappa shape index (κ2) is 6.56. The lowest BCUT2D eigenvalue weighted by atomic mass is 10.1. The van der Waals surface area contributed by atoms with Crippen molar-refractivity contribution in [1.82, 2.24) is 5.43 Å². The van der Waals surface area contributed by atoms with Gasteiger partial charge < -0.3 is 4.74 Å². The summed E-state index contributed by atoms with van der Waals surface area (Å²) in [4.78, 5) is 11.4. The number of carbonyl (C=O) groups excluding carboxylic acids is 1. The molecule has 0 heterocycles. The van der Waals surface area contributed by atoms with Gasteiger partial charge in [-0.15, -0.1) is 0 Å². The Morgan fingerprint density at radius 1 is 1.50 bits per heavy atom. The third-order valence-corrected chi connectivity index (χ3v) is 2.05. The number of esters is 1. The molecule has 5 heteroatoms. The lowest BCUT2D eigenvalue weighted by molar-refractivity contribution is -0.144. The Bertz CT molecular complexity index is 373. The van der Waals surface area contributed by atoms with E-state index in [0.29, 0.717) is 6.42 Å². The largest absolute Gasteiger partial charge is 0.449 e. The van der Waals surface area contributed by atoms with Crippen molar-refractivity contribution < 1.29 is 9.53 Å². The molecule has 0 aliphatic carbocycles. The van der Waals surface area contributed by atoms with E-state index in [9.17, 15) is 4.79 Å². The van der Waals surface area contributed by atoms with Crippen molar-refractivity contribution in [2.24, 2.45) is 5.84 Å². The molecule has 0 aromatic heterocycles. The first-order valence-electron chi connectivity index (χ1n) is 4.81. The Morgan fingerprint density at radius 2 is 2.19 bits per heavy atom. The van der Waals surface area contributed by atoms with E-state index in [2.05, 4.69) is 10.2 Å². The molecule has 0 saturated heterocycles. The third kappa shape index (κ3) is 3.69. The van der Waals surface area contributed by atoms with Crippen LogP contribution in [-0.4, -0.2) is 18.6 Å². The number of hydrazine groups is 1. The minimum Gasteiger partial charge on any atom is -0.449 e. The molecule has 0 saturated carbocycles. The highest BCUT2D eigenvalue weighted by molar-refractivity contribution is 5.76. The Balaban J connectivity index is 2.56. The van der Waals surface area contributed by atoms with Crippen LogP contribution in [0.3, 0.4) is 0 Å². The summed E-state index contributed by atoms with van der Waals surface area (Å²) in [6, 6.07) is 10.5. The van der Waals surface area contributed by atoms with E-state index < -0.39 is 12.0 Å². The SMILES string of the molecule is N#CCOC(=O)[C@H](Cc1ccccc1)NN. The maximum atomic E-state index is 11.4. The lowest BCUT2D eigenvalue weighted by Gasteiger charge is -2.13. The van der Waals surface area contributed by atoms with Crippen LogP contribution in [-0.2, 0) is 16.0 Å².